The Bertz CT molecular complexity index is 615. The number of pyridine rings is 1. The SMILES string of the molecule is CCNC(=O)c1ccc(NCc2cc(C3CC3)n[nH]2)nc1. The van der Waals surface area contributed by atoms with E-state index in [1.165, 1.54) is 12.8 Å². The van der Waals surface area contributed by atoms with Gasteiger partial charge in [0.15, 0.2) is 0 Å². The zero-order chi connectivity index (χ0) is 14.7. The first-order chi connectivity index (χ1) is 10.3. The molecule has 1 fully saturated rings. The topological polar surface area (TPSA) is 82.7 Å². The van der Waals surface area contributed by atoms with Crippen LogP contribution in [0.3, 0.4) is 0 Å². The van der Waals surface area contributed by atoms with Gasteiger partial charge >= 0.3 is 0 Å². The summed E-state index contributed by atoms with van der Waals surface area (Å²) in [7, 11) is 0. The van der Waals surface area contributed by atoms with Crippen LogP contribution >= 0.6 is 0 Å². The Hall–Kier alpha value is -2.37. The van der Waals surface area contributed by atoms with Crippen LogP contribution in [0.1, 0.15) is 47.4 Å². The molecule has 2 aromatic heterocycles. The van der Waals surface area contributed by atoms with Crippen LogP contribution in [-0.4, -0.2) is 27.6 Å². The fourth-order valence-corrected chi connectivity index (χ4v) is 2.14. The van der Waals surface area contributed by atoms with Crippen LogP contribution in [0.15, 0.2) is 24.4 Å². The number of H-pyrrole nitrogens is 1. The van der Waals surface area contributed by atoms with Gasteiger partial charge in [-0.3, -0.25) is 9.89 Å². The highest BCUT2D eigenvalue weighted by Gasteiger charge is 2.25. The van der Waals surface area contributed by atoms with Crippen molar-refractivity contribution in [1.82, 2.24) is 20.5 Å². The number of amides is 1. The minimum absolute atomic E-state index is 0.0980. The summed E-state index contributed by atoms with van der Waals surface area (Å²) in [6, 6.07) is 5.68. The van der Waals surface area contributed by atoms with Crippen LogP contribution in [0.25, 0.3) is 0 Å². The molecule has 0 bridgehead atoms. The lowest BCUT2D eigenvalue weighted by Gasteiger charge is -2.05. The summed E-state index contributed by atoms with van der Waals surface area (Å²) in [5.41, 5.74) is 2.78. The zero-order valence-electron chi connectivity index (χ0n) is 12.0. The maximum atomic E-state index is 11.6. The normalized spacial score (nSPS) is 14.0. The Kier molecular flexibility index (Phi) is 3.85. The predicted molar refractivity (Wildman–Crippen MR) is 80.1 cm³/mol. The molecule has 0 radical (unpaired) electrons. The van der Waals surface area contributed by atoms with Gasteiger partial charge in [0, 0.05) is 18.7 Å². The number of nitrogens with one attached hydrogen (secondary N) is 3. The van der Waals surface area contributed by atoms with E-state index < -0.39 is 0 Å². The first-order valence-corrected chi connectivity index (χ1v) is 7.28. The van der Waals surface area contributed by atoms with Gasteiger partial charge in [-0.15, -0.1) is 0 Å². The highest BCUT2D eigenvalue weighted by Crippen LogP contribution is 2.38. The molecule has 3 rings (SSSR count). The molecule has 0 saturated heterocycles. The average Bonchev–Trinajstić information content (AvgIpc) is 3.25. The molecule has 1 aliphatic rings. The molecule has 1 aliphatic carbocycles. The molecule has 0 unspecified atom stereocenters. The van der Waals surface area contributed by atoms with Crippen LogP contribution in [-0.2, 0) is 6.54 Å². The van der Waals surface area contributed by atoms with Crippen molar-refractivity contribution in [2.75, 3.05) is 11.9 Å². The fraction of sp³-hybridized carbons (Fsp3) is 0.400. The first kappa shape index (κ1) is 13.6. The number of aromatic nitrogens is 3. The van der Waals surface area contributed by atoms with Crippen molar-refractivity contribution in [1.29, 1.82) is 0 Å². The number of carbonyl (C=O) groups is 1. The first-order valence-electron chi connectivity index (χ1n) is 7.28. The second kappa shape index (κ2) is 5.95. The lowest BCUT2D eigenvalue weighted by Crippen LogP contribution is -2.22. The van der Waals surface area contributed by atoms with Gasteiger partial charge in [0.2, 0.25) is 0 Å². The van der Waals surface area contributed by atoms with Crippen LogP contribution in [0, 0.1) is 0 Å². The molecular formula is C15H19N5O. The molecule has 0 aromatic carbocycles. The van der Waals surface area contributed by atoms with Crippen LogP contribution < -0.4 is 10.6 Å². The van der Waals surface area contributed by atoms with Crippen molar-refractivity contribution in [2.24, 2.45) is 0 Å². The summed E-state index contributed by atoms with van der Waals surface area (Å²) in [5, 5.41) is 13.3. The molecule has 0 aliphatic heterocycles. The molecule has 110 valence electrons. The molecular weight excluding hydrogens is 266 g/mol. The molecule has 2 heterocycles. The van der Waals surface area contributed by atoms with Crippen molar-refractivity contribution < 1.29 is 4.79 Å². The standard InChI is InChI=1S/C15H19N5O/c1-2-16-15(21)11-5-6-14(17-8-11)18-9-12-7-13(20-19-12)10-3-4-10/h5-8,10H,2-4,9H2,1H3,(H,16,21)(H,17,18)(H,19,20). The minimum atomic E-state index is -0.0980. The Morgan fingerprint density at radius 2 is 2.29 bits per heavy atom. The monoisotopic (exact) mass is 285 g/mol. The molecule has 6 heteroatoms. The van der Waals surface area contributed by atoms with Crippen molar-refractivity contribution in [2.45, 2.75) is 32.2 Å². The summed E-state index contributed by atoms with van der Waals surface area (Å²) in [4.78, 5) is 15.9. The van der Waals surface area contributed by atoms with Gasteiger partial charge < -0.3 is 10.6 Å². The number of anilines is 1. The maximum Gasteiger partial charge on any atom is 0.252 e. The van der Waals surface area contributed by atoms with E-state index in [9.17, 15) is 4.79 Å². The number of carbonyl (C=O) groups excluding carboxylic acids is 1. The largest absolute Gasteiger partial charge is 0.364 e. The Morgan fingerprint density at radius 3 is 2.95 bits per heavy atom. The number of hydrogen-bond donors (Lipinski definition) is 3. The quantitative estimate of drug-likeness (QED) is 0.758. The number of hydrogen-bond acceptors (Lipinski definition) is 4. The van der Waals surface area contributed by atoms with Crippen LogP contribution in [0.2, 0.25) is 0 Å². The van der Waals surface area contributed by atoms with Gasteiger partial charge in [0.05, 0.1) is 23.5 Å². The average molecular weight is 285 g/mol. The molecule has 0 atom stereocenters. The summed E-state index contributed by atoms with van der Waals surface area (Å²) >= 11 is 0. The third-order valence-electron chi connectivity index (χ3n) is 3.47. The van der Waals surface area contributed by atoms with E-state index in [0.717, 1.165) is 17.2 Å². The summed E-state index contributed by atoms with van der Waals surface area (Å²) in [6.07, 6.45) is 4.08. The molecule has 1 amide bonds. The number of aromatic amines is 1. The Balaban J connectivity index is 1.55. The second-order valence-electron chi connectivity index (χ2n) is 5.24. The van der Waals surface area contributed by atoms with Gasteiger partial charge in [-0.25, -0.2) is 4.98 Å². The van der Waals surface area contributed by atoms with Gasteiger partial charge in [0.1, 0.15) is 5.82 Å². The second-order valence-corrected chi connectivity index (χ2v) is 5.24. The maximum absolute atomic E-state index is 11.6. The van der Waals surface area contributed by atoms with E-state index in [1.807, 2.05) is 13.0 Å². The van der Waals surface area contributed by atoms with E-state index >= 15 is 0 Å². The van der Waals surface area contributed by atoms with E-state index in [1.54, 1.807) is 12.3 Å². The van der Waals surface area contributed by atoms with E-state index in [2.05, 4.69) is 31.9 Å². The van der Waals surface area contributed by atoms with Crippen molar-refractivity contribution >= 4 is 11.7 Å². The van der Waals surface area contributed by atoms with E-state index in [0.29, 0.717) is 24.6 Å². The smallest absolute Gasteiger partial charge is 0.252 e. The van der Waals surface area contributed by atoms with Crippen LogP contribution in [0.5, 0.6) is 0 Å². The van der Waals surface area contributed by atoms with Gasteiger partial charge in [-0.05, 0) is 38.0 Å². The van der Waals surface area contributed by atoms with E-state index in [4.69, 9.17) is 0 Å². The molecule has 3 N–H and O–H groups in total. The summed E-state index contributed by atoms with van der Waals surface area (Å²) in [5.74, 6) is 1.30. The third kappa shape index (κ3) is 3.39. The lowest BCUT2D eigenvalue weighted by atomic mass is 10.2. The zero-order valence-corrected chi connectivity index (χ0v) is 12.0. The summed E-state index contributed by atoms with van der Waals surface area (Å²) in [6.45, 7) is 3.15. The molecule has 21 heavy (non-hydrogen) atoms. The summed E-state index contributed by atoms with van der Waals surface area (Å²) < 4.78 is 0. The molecule has 1 saturated carbocycles. The van der Waals surface area contributed by atoms with Crippen molar-refractivity contribution in [3.05, 3.63) is 41.3 Å². The predicted octanol–water partition coefficient (Wildman–Crippen LogP) is 2.04. The van der Waals surface area contributed by atoms with E-state index in [-0.39, 0.29) is 5.91 Å². The fourth-order valence-electron chi connectivity index (χ4n) is 2.14. The number of nitrogens with zero attached hydrogens (tertiary/aromatic N) is 2. The molecule has 0 spiro atoms. The van der Waals surface area contributed by atoms with Crippen molar-refractivity contribution in [3.8, 4) is 0 Å². The third-order valence-corrected chi connectivity index (χ3v) is 3.47. The van der Waals surface area contributed by atoms with Gasteiger partial charge in [-0.1, -0.05) is 0 Å². The highest BCUT2D eigenvalue weighted by molar-refractivity contribution is 5.93. The lowest BCUT2D eigenvalue weighted by molar-refractivity contribution is 0.0955. The van der Waals surface area contributed by atoms with Crippen molar-refractivity contribution in [3.63, 3.8) is 0 Å². The molecule has 2 aromatic rings. The number of rotatable bonds is 6. The van der Waals surface area contributed by atoms with Gasteiger partial charge in [0.25, 0.3) is 5.91 Å². The van der Waals surface area contributed by atoms with Gasteiger partial charge in [-0.2, -0.15) is 5.10 Å². The highest BCUT2D eigenvalue weighted by atomic mass is 16.1. The Labute approximate surface area is 123 Å². The Morgan fingerprint density at radius 1 is 1.43 bits per heavy atom. The molecule has 6 nitrogen and oxygen atoms in total. The van der Waals surface area contributed by atoms with Crippen LogP contribution in [0.4, 0.5) is 5.82 Å². The minimum Gasteiger partial charge on any atom is -0.364 e.